The molecule has 1 aromatic heterocycles. The summed E-state index contributed by atoms with van der Waals surface area (Å²) in [6.45, 7) is 3.72. The number of aromatic hydroxyl groups is 1. The van der Waals surface area contributed by atoms with E-state index in [-0.39, 0.29) is 108 Å². The third-order valence-electron chi connectivity index (χ3n) is 17.8. The van der Waals surface area contributed by atoms with E-state index in [1.165, 1.54) is 31.2 Å². The second kappa shape index (κ2) is 40.6. The molecule has 2 saturated heterocycles. The number of nitrogens with two attached hydrogens (primary N) is 2. The van der Waals surface area contributed by atoms with Crippen LogP contribution in [0.25, 0.3) is 21.7 Å². The highest BCUT2D eigenvalue weighted by Crippen LogP contribution is 2.26. The number of carbonyl (C=O) groups is 12. The van der Waals surface area contributed by atoms with Crippen LogP contribution in [-0.2, 0) is 76.8 Å². The number of nitrogens with one attached hydrogen (secondary N) is 9. The number of carboxylic acid groups (broad SMARTS) is 3. The van der Waals surface area contributed by atoms with E-state index >= 15 is 19.2 Å². The molecule has 9 amide bonds. The molecule has 0 spiro atoms. The van der Waals surface area contributed by atoms with E-state index < -0.39 is 151 Å². The fourth-order valence-electron chi connectivity index (χ4n) is 12.0. The molecule has 9 atom stereocenters. The minimum absolute atomic E-state index is 0.00269. The van der Waals surface area contributed by atoms with Gasteiger partial charge in [-0.05, 0) is 84.3 Å². The molecule has 32 nitrogen and oxygen atoms in total. The van der Waals surface area contributed by atoms with Crippen molar-refractivity contribution in [2.45, 2.75) is 114 Å². The third kappa shape index (κ3) is 26.1. The third-order valence-corrected chi connectivity index (χ3v) is 20.2. The van der Waals surface area contributed by atoms with Gasteiger partial charge in [-0.2, -0.15) is 0 Å². The van der Waals surface area contributed by atoms with Crippen molar-refractivity contribution in [1.82, 2.24) is 67.1 Å². The van der Waals surface area contributed by atoms with Gasteiger partial charge in [-0.3, -0.25) is 77.1 Å². The summed E-state index contributed by atoms with van der Waals surface area (Å²) in [6, 6.07) is 13.6. The average molecular weight is 1480 g/mol. The minimum atomic E-state index is -1.64. The molecule has 5 aromatic rings. The first-order valence-electron chi connectivity index (χ1n) is 34.3. The van der Waals surface area contributed by atoms with Gasteiger partial charge in [-0.15, -0.1) is 0 Å². The normalized spacial score (nSPS) is 21.3. The zero-order chi connectivity index (χ0) is 75.6. The summed E-state index contributed by atoms with van der Waals surface area (Å²) in [4.78, 5) is 178. The largest absolute Gasteiger partial charge is 0.508 e. The van der Waals surface area contributed by atoms with Crippen LogP contribution in [0.1, 0.15) is 56.7 Å². The van der Waals surface area contributed by atoms with Crippen molar-refractivity contribution in [2.24, 2.45) is 17.4 Å². The van der Waals surface area contributed by atoms with Gasteiger partial charge in [0.2, 0.25) is 53.2 Å². The molecule has 7 rings (SSSR count). The molecule has 0 radical (unpaired) electrons. The maximum absolute atomic E-state index is 15.5. The number of primary amides is 1. The lowest BCUT2D eigenvalue weighted by atomic mass is 10.00. The Morgan fingerprint density at radius 1 is 0.587 bits per heavy atom. The molecule has 2 aliphatic heterocycles. The van der Waals surface area contributed by atoms with Crippen LogP contribution in [0.15, 0.2) is 97.2 Å². The number of aromatic amines is 1. The van der Waals surface area contributed by atoms with E-state index in [9.17, 15) is 63.9 Å². The number of hydrogen-bond acceptors (Lipinski definition) is 21. The van der Waals surface area contributed by atoms with E-state index in [2.05, 4.69) is 47.5 Å². The summed E-state index contributed by atoms with van der Waals surface area (Å²) in [6.07, 6.45) is 0.251. The predicted molar refractivity (Wildman–Crippen MR) is 389 cm³/mol. The number of carboxylic acids is 3. The number of aromatic nitrogens is 1. The van der Waals surface area contributed by atoms with Gasteiger partial charge < -0.3 is 84.5 Å². The van der Waals surface area contributed by atoms with Crippen molar-refractivity contribution in [3.63, 3.8) is 0 Å². The number of para-hydroxylation sites is 1. The molecule has 3 heterocycles. The lowest BCUT2D eigenvalue weighted by molar-refractivity contribution is -0.140. The number of carbonyl (C=O) groups excluding carboxylic acids is 9. The van der Waals surface area contributed by atoms with E-state index in [4.69, 9.17) is 11.5 Å². The Morgan fingerprint density at radius 2 is 1.12 bits per heavy atom. The van der Waals surface area contributed by atoms with Gasteiger partial charge >= 0.3 is 17.9 Å². The molecule has 2 fully saturated rings. The summed E-state index contributed by atoms with van der Waals surface area (Å²) < 4.78 is 0. The van der Waals surface area contributed by atoms with Crippen LogP contribution in [0.2, 0.25) is 0 Å². The number of unbranched alkanes of at least 4 members (excludes halogenated alkanes) is 1. The molecule has 34 heteroatoms. The van der Waals surface area contributed by atoms with Crippen LogP contribution >= 0.6 is 21.6 Å². The van der Waals surface area contributed by atoms with Gasteiger partial charge in [-0.25, -0.2) is 0 Å². The first-order chi connectivity index (χ1) is 49.6. The Morgan fingerprint density at radius 3 is 1.69 bits per heavy atom. The lowest BCUT2D eigenvalue weighted by Crippen LogP contribution is -2.62. The lowest BCUT2D eigenvalue weighted by Gasteiger charge is -2.33. The number of hydrogen-bond donors (Lipinski definition) is 16. The summed E-state index contributed by atoms with van der Waals surface area (Å²) in [5.41, 5.74) is 13.7. The van der Waals surface area contributed by atoms with Crippen LogP contribution in [0.4, 0.5) is 0 Å². The Balaban J connectivity index is 1.29. The number of benzene rings is 4. The van der Waals surface area contributed by atoms with E-state index in [1.807, 2.05) is 42.5 Å². The second-order valence-electron chi connectivity index (χ2n) is 26.2. The monoisotopic (exact) mass is 1480 g/mol. The number of nitrogens with zero attached hydrogens (tertiary/aromatic N) is 4. The average Bonchev–Trinajstić information content (AvgIpc) is 1.57. The number of phenolic OH excluding ortho intramolecular Hbond substituents is 1. The van der Waals surface area contributed by atoms with Crippen LogP contribution in [0.3, 0.4) is 0 Å². The van der Waals surface area contributed by atoms with Crippen molar-refractivity contribution < 1.29 is 83.1 Å². The summed E-state index contributed by atoms with van der Waals surface area (Å²) in [5.74, 6) is -13.1. The SMILES string of the molecule is CC(C)[C@@H]1NC(=O)[C@H](CCCCN)NC(=O)[C@@H](Cc2c[nH]c3ccccc23)NC(=O)[C@H](Cc2ccc(O)cc2)NC(=O)[C@H](NC(=O)[C@@H](Cc2ccc3ccccc3c2)NC(=O)CN2CCN(CC(=O)O)CCN(CC(=O)O)CCN(CC(=O)O)CC2)CSSC[C@@H](C(=O)N[C@H](C(N)=O)[C@@H](C)O)NC1=O. The summed E-state index contributed by atoms with van der Waals surface area (Å²) >= 11 is 0. The first kappa shape index (κ1) is 81.9. The Kier molecular flexibility index (Phi) is 32.0. The number of phenols is 1. The summed E-state index contributed by atoms with van der Waals surface area (Å²) in [5, 5.41) is 74.5. The van der Waals surface area contributed by atoms with Crippen molar-refractivity contribution >= 4 is 114 Å². The highest BCUT2D eigenvalue weighted by atomic mass is 33.1. The molecule has 0 aliphatic carbocycles. The van der Waals surface area contributed by atoms with E-state index in [0.29, 0.717) is 40.4 Å². The number of aliphatic carboxylic acids is 3. The Labute approximate surface area is 609 Å². The topological polar surface area (TPSA) is 483 Å². The number of aliphatic hydroxyl groups excluding tert-OH is 1. The number of amides is 9. The van der Waals surface area contributed by atoms with Gasteiger partial charge in [0.15, 0.2) is 0 Å². The maximum Gasteiger partial charge on any atom is 0.317 e. The minimum Gasteiger partial charge on any atom is -0.508 e. The first-order valence-corrected chi connectivity index (χ1v) is 36.8. The standard InChI is InChI=1S/C70H95N15O17S2/c1-41(2)61-70(102)79-56(69(101)81-62(42(3)86)63(72)95)40-104-103-39-55(68(100)76-53(31-43-16-19-48(87)20-17-43)66(98)77-54(33-47-34-73-50-13-7-6-12-49(47)50)67(99)75-51(64(96)80-61)14-8-9-21-71)78-65(97)52(32-44-15-18-45-10-4-5-11-46(45)30-44)74-57(88)35-82-22-24-83(36-58(89)90)26-28-85(38-60(93)94)29-27-84(25-23-82)37-59(91)92/h4-7,10-13,15-20,30,34,41-42,51-56,61-62,73,86-87H,8-9,14,21-29,31-33,35-40,71H2,1-3H3,(H2,72,95)(H,74,88)(H,75,99)(H,76,100)(H,77,98)(H,78,97)(H,79,102)(H,80,96)(H,81,101)(H,89,90)(H,91,92)(H,93,94)/t42-,51+,52-,53+,54-,55-,56+,61+,62+/m1/s1. The molecular formula is C70H95N15O17S2. The molecular weight excluding hydrogens is 1390 g/mol. The Bertz CT molecular complexity index is 3780. The highest BCUT2D eigenvalue weighted by Gasteiger charge is 2.38. The Hall–Kier alpha value is -9.42. The number of rotatable bonds is 26. The van der Waals surface area contributed by atoms with Crippen molar-refractivity contribution in [3.05, 3.63) is 114 Å². The van der Waals surface area contributed by atoms with Gasteiger partial charge in [-0.1, -0.05) is 108 Å². The number of H-pyrrole nitrogens is 1. The molecule has 4 aromatic carbocycles. The molecule has 18 N–H and O–H groups in total. The number of aliphatic hydroxyl groups is 1. The second-order valence-corrected chi connectivity index (χ2v) is 28.8. The van der Waals surface area contributed by atoms with Gasteiger partial charge in [0.1, 0.15) is 54.1 Å². The van der Waals surface area contributed by atoms with E-state index in [1.54, 1.807) is 63.9 Å². The number of fused-ring (bicyclic) bond motifs is 2. The van der Waals surface area contributed by atoms with Crippen LogP contribution in [0, 0.1) is 5.92 Å². The molecule has 104 heavy (non-hydrogen) atoms. The van der Waals surface area contributed by atoms with Crippen molar-refractivity contribution in [1.29, 1.82) is 0 Å². The van der Waals surface area contributed by atoms with Crippen molar-refractivity contribution in [3.8, 4) is 5.75 Å². The highest BCUT2D eigenvalue weighted by molar-refractivity contribution is 8.76. The fourth-order valence-corrected chi connectivity index (χ4v) is 14.4. The maximum atomic E-state index is 15.5. The molecule has 0 unspecified atom stereocenters. The quantitative estimate of drug-likeness (QED) is 0.0220. The van der Waals surface area contributed by atoms with Gasteiger partial charge in [0.05, 0.1) is 32.3 Å². The molecule has 0 saturated carbocycles. The zero-order valence-electron chi connectivity index (χ0n) is 58.3. The smallest absolute Gasteiger partial charge is 0.317 e. The van der Waals surface area contributed by atoms with Crippen LogP contribution < -0.4 is 54.0 Å². The predicted octanol–water partition coefficient (Wildman–Crippen LogP) is -1.55. The van der Waals surface area contributed by atoms with Crippen LogP contribution in [0.5, 0.6) is 5.75 Å². The van der Waals surface area contributed by atoms with Crippen LogP contribution in [-0.4, -0.2) is 272 Å². The zero-order valence-corrected chi connectivity index (χ0v) is 59.9. The molecule has 0 bridgehead atoms. The molecule has 564 valence electrons. The van der Waals surface area contributed by atoms with Gasteiger partial charge in [0, 0.05) is 100 Å². The van der Waals surface area contributed by atoms with Gasteiger partial charge in [0.25, 0.3) is 0 Å². The fraction of sp³-hybridized carbons (Fsp3) is 0.486. The van der Waals surface area contributed by atoms with Crippen molar-refractivity contribution in [2.75, 3.05) is 96.6 Å². The molecule has 2 aliphatic rings. The van der Waals surface area contributed by atoms with E-state index in [0.717, 1.165) is 32.4 Å². The summed E-state index contributed by atoms with van der Waals surface area (Å²) in [7, 11) is 1.83.